The van der Waals surface area contributed by atoms with E-state index in [1.807, 2.05) is 31.2 Å². The second-order valence-corrected chi connectivity index (χ2v) is 2.89. The highest BCUT2D eigenvalue weighted by Gasteiger charge is 2.26. The van der Waals surface area contributed by atoms with E-state index in [0.717, 1.165) is 11.3 Å². The Bertz CT molecular complexity index is 272. The number of ether oxygens (including phenoxy) is 1. The first kappa shape index (κ1) is 6.68. The van der Waals surface area contributed by atoms with Gasteiger partial charge in [-0.25, -0.2) is 0 Å². The Balaban J connectivity index is 2.47. The Morgan fingerprint density at radius 2 is 2.09 bits per heavy atom. The zero-order valence-corrected chi connectivity index (χ0v) is 6.45. The van der Waals surface area contributed by atoms with Gasteiger partial charge in [-0.3, -0.25) is 0 Å². The molecule has 1 aromatic carbocycles. The summed E-state index contributed by atoms with van der Waals surface area (Å²) < 4.78 is 5.49. The van der Waals surface area contributed by atoms with Crippen LogP contribution in [0.25, 0.3) is 0 Å². The molecule has 1 heterocycles. The number of rotatable bonds is 0. The zero-order valence-electron chi connectivity index (χ0n) is 6.45. The molecule has 2 atom stereocenters. The van der Waals surface area contributed by atoms with Crippen molar-refractivity contribution < 1.29 is 4.74 Å². The van der Waals surface area contributed by atoms with Crippen molar-refractivity contribution in [3.63, 3.8) is 0 Å². The van der Waals surface area contributed by atoms with E-state index in [0.29, 0.717) is 0 Å². The maximum atomic E-state index is 5.86. The molecular weight excluding hydrogens is 138 g/mol. The molecule has 2 nitrogen and oxygen atoms in total. The van der Waals surface area contributed by atoms with Crippen molar-refractivity contribution in [2.24, 2.45) is 5.73 Å². The highest BCUT2D eigenvalue weighted by atomic mass is 16.5. The summed E-state index contributed by atoms with van der Waals surface area (Å²) in [6, 6.07) is 7.97. The van der Waals surface area contributed by atoms with Crippen LogP contribution in [0.4, 0.5) is 0 Å². The Hall–Kier alpha value is -1.02. The summed E-state index contributed by atoms with van der Waals surface area (Å²) in [4.78, 5) is 0. The molecule has 0 aliphatic carbocycles. The molecule has 0 saturated heterocycles. The fourth-order valence-electron chi connectivity index (χ4n) is 1.39. The van der Waals surface area contributed by atoms with E-state index in [2.05, 4.69) is 0 Å². The van der Waals surface area contributed by atoms with Gasteiger partial charge in [-0.1, -0.05) is 18.2 Å². The number of hydrogen-bond donors (Lipinski definition) is 1. The predicted molar refractivity (Wildman–Crippen MR) is 43.5 cm³/mol. The van der Waals surface area contributed by atoms with Gasteiger partial charge in [-0.05, 0) is 13.0 Å². The highest BCUT2D eigenvalue weighted by molar-refractivity contribution is 5.39. The molecule has 0 radical (unpaired) electrons. The predicted octanol–water partition coefficient (Wildman–Crippen LogP) is 1.47. The summed E-state index contributed by atoms with van der Waals surface area (Å²) in [5, 5.41) is 0. The van der Waals surface area contributed by atoms with Crippen LogP contribution < -0.4 is 10.5 Å². The minimum Gasteiger partial charge on any atom is -0.488 e. The third-order valence-corrected chi connectivity index (χ3v) is 2.10. The molecule has 11 heavy (non-hydrogen) atoms. The zero-order chi connectivity index (χ0) is 7.84. The molecule has 0 aromatic heterocycles. The highest BCUT2D eigenvalue weighted by Crippen LogP contribution is 2.34. The molecule has 0 saturated carbocycles. The van der Waals surface area contributed by atoms with Crippen molar-refractivity contribution in [3.05, 3.63) is 29.8 Å². The Kier molecular flexibility index (Phi) is 1.36. The summed E-state index contributed by atoms with van der Waals surface area (Å²) in [5.74, 6) is 0.938. The molecule has 0 spiro atoms. The van der Waals surface area contributed by atoms with Crippen molar-refractivity contribution in [2.75, 3.05) is 0 Å². The van der Waals surface area contributed by atoms with Crippen LogP contribution in [0, 0.1) is 0 Å². The second-order valence-electron chi connectivity index (χ2n) is 2.89. The van der Waals surface area contributed by atoms with Crippen LogP contribution in [0.3, 0.4) is 0 Å². The van der Waals surface area contributed by atoms with Gasteiger partial charge in [0, 0.05) is 5.56 Å². The lowest BCUT2D eigenvalue weighted by Gasteiger charge is -2.07. The summed E-state index contributed by atoms with van der Waals surface area (Å²) in [6.45, 7) is 1.99. The van der Waals surface area contributed by atoms with Gasteiger partial charge in [-0.2, -0.15) is 0 Å². The van der Waals surface area contributed by atoms with Crippen LogP contribution >= 0.6 is 0 Å². The molecule has 1 aromatic rings. The average molecular weight is 149 g/mol. The SMILES string of the molecule is C[C@@H]1Oc2ccccc2[C@H]1N. The van der Waals surface area contributed by atoms with Gasteiger partial charge in [0.05, 0.1) is 6.04 Å². The van der Waals surface area contributed by atoms with Gasteiger partial charge in [0.1, 0.15) is 11.9 Å². The van der Waals surface area contributed by atoms with E-state index >= 15 is 0 Å². The summed E-state index contributed by atoms with van der Waals surface area (Å²) in [7, 11) is 0. The molecule has 0 fully saturated rings. The Morgan fingerprint density at radius 3 is 2.82 bits per heavy atom. The Labute approximate surface area is 66.0 Å². The first-order chi connectivity index (χ1) is 5.29. The summed E-state index contributed by atoms with van der Waals surface area (Å²) in [6.07, 6.45) is 0.118. The minimum absolute atomic E-state index is 0.0474. The van der Waals surface area contributed by atoms with E-state index in [1.54, 1.807) is 0 Å². The van der Waals surface area contributed by atoms with E-state index in [1.165, 1.54) is 0 Å². The van der Waals surface area contributed by atoms with Gasteiger partial charge >= 0.3 is 0 Å². The monoisotopic (exact) mass is 149 g/mol. The van der Waals surface area contributed by atoms with Crippen LogP contribution in [-0.2, 0) is 0 Å². The molecule has 0 amide bonds. The quantitative estimate of drug-likeness (QED) is 0.606. The molecule has 1 aliphatic heterocycles. The molecule has 0 bridgehead atoms. The maximum absolute atomic E-state index is 5.86. The van der Waals surface area contributed by atoms with Crippen molar-refractivity contribution in [1.29, 1.82) is 0 Å². The topological polar surface area (TPSA) is 35.2 Å². The van der Waals surface area contributed by atoms with Gasteiger partial charge in [0.2, 0.25) is 0 Å². The Morgan fingerprint density at radius 1 is 1.36 bits per heavy atom. The molecule has 0 unspecified atom stereocenters. The van der Waals surface area contributed by atoms with Crippen LogP contribution in [0.2, 0.25) is 0 Å². The van der Waals surface area contributed by atoms with E-state index in [4.69, 9.17) is 10.5 Å². The molecule has 1 aliphatic rings. The number of fused-ring (bicyclic) bond motifs is 1. The number of para-hydroxylation sites is 1. The van der Waals surface area contributed by atoms with Crippen molar-refractivity contribution >= 4 is 0 Å². The maximum Gasteiger partial charge on any atom is 0.124 e. The normalized spacial score (nSPS) is 27.8. The lowest BCUT2D eigenvalue weighted by atomic mass is 10.1. The number of benzene rings is 1. The van der Waals surface area contributed by atoms with E-state index in [9.17, 15) is 0 Å². The number of nitrogens with two attached hydrogens (primary N) is 1. The average Bonchev–Trinajstić information content (AvgIpc) is 2.30. The molecule has 2 rings (SSSR count). The largest absolute Gasteiger partial charge is 0.488 e. The fourth-order valence-corrected chi connectivity index (χ4v) is 1.39. The lowest BCUT2D eigenvalue weighted by molar-refractivity contribution is 0.228. The lowest BCUT2D eigenvalue weighted by Crippen LogP contribution is -2.21. The summed E-state index contributed by atoms with van der Waals surface area (Å²) >= 11 is 0. The fraction of sp³-hybridized carbons (Fsp3) is 0.333. The molecule has 2 heteroatoms. The van der Waals surface area contributed by atoms with Crippen molar-refractivity contribution in [2.45, 2.75) is 19.1 Å². The van der Waals surface area contributed by atoms with E-state index < -0.39 is 0 Å². The molecule has 58 valence electrons. The first-order valence-corrected chi connectivity index (χ1v) is 3.80. The third-order valence-electron chi connectivity index (χ3n) is 2.10. The van der Waals surface area contributed by atoms with Gasteiger partial charge in [0.15, 0.2) is 0 Å². The van der Waals surface area contributed by atoms with Crippen LogP contribution in [0.1, 0.15) is 18.5 Å². The van der Waals surface area contributed by atoms with Crippen molar-refractivity contribution in [1.82, 2.24) is 0 Å². The second kappa shape index (κ2) is 2.24. The van der Waals surface area contributed by atoms with Crippen LogP contribution in [0.5, 0.6) is 5.75 Å². The number of hydrogen-bond acceptors (Lipinski definition) is 2. The van der Waals surface area contributed by atoms with Crippen LogP contribution in [0.15, 0.2) is 24.3 Å². The molecule has 2 N–H and O–H groups in total. The van der Waals surface area contributed by atoms with Gasteiger partial charge in [-0.15, -0.1) is 0 Å². The first-order valence-electron chi connectivity index (χ1n) is 3.80. The standard InChI is InChI=1S/C9H11NO/c1-6-9(10)7-4-2-3-5-8(7)11-6/h2-6,9H,10H2,1H3/t6-,9-/m0/s1. The van der Waals surface area contributed by atoms with Gasteiger partial charge in [0.25, 0.3) is 0 Å². The van der Waals surface area contributed by atoms with Gasteiger partial charge < -0.3 is 10.5 Å². The van der Waals surface area contributed by atoms with Crippen molar-refractivity contribution in [3.8, 4) is 5.75 Å². The van der Waals surface area contributed by atoms with E-state index in [-0.39, 0.29) is 12.1 Å². The molecular formula is C9H11NO. The third kappa shape index (κ3) is 0.906. The smallest absolute Gasteiger partial charge is 0.124 e. The minimum atomic E-state index is 0.0474. The van der Waals surface area contributed by atoms with Crippen LogP contribution in [-0.4, -0.2) is 6.10 Å². The summed E-state index contributed by atoms with van der Waals surface area (Å²) in [5.41, 5.74) is 6.99.